The Hall–Kier alpha value is -0.910. The van der Waals surface area contributed by atoms with E-state index in [0.29, 0.717) is 6.54 Å². The van der Waals surface area contributed by atoms with Crippen LogP contribution in [0.3, 0.4) is 0 Å². The van der Waals surface area contributed by atoms with Crippen molar-refractivity contribution in [3.05, 3.63) is 29.8 Å². The van der Waals surface area contributed by atoms with E-state index in [4.69, 9.17) is 0 Å². The predicted molar refractivity (Wildman–Crippen MR) is 81.2 cm³/mol. The Morgan fingerprint density at radius 1 is 1.45 bits per heavy atom. The molecule has 0 unspecified atom stereocenters. The molecular weight excluding hydrogens is 304 g/mol. The maximum absolute atomic E-state index is 13.4. The number of rotatable bonds is 3. The fourth-order valence-electron chi connectivity index (χ4n) is 2.16. The maximum atomic E-state index is 13.4. The van der Waals surface area contributed by atoms with E-state index in [1.54, 1.807) is 0 Å². The predicted octanol–water partition coefficient (Wildman–Crippen LogP) is 2.18. The van der Waals surface area contributed by atoms with Gasteiger partial charge in [0.1, 0.15) is 0 Å². The lowest BCUT2D eigenvalue weighted by Gasteiger charge is -2.34. The molecule has 1 aliphatic heterocycles. The topological polar surface area (TPSA) is 54.0 Å². The summed E-state index contributed by atoms with van der Waals surface area (Å²) in [5.41, 5.74) is 0.160. The molecule has 0 atom stereocenters. The number of nitrogens with one attached hydrogen (secondary N) is 2. The molecule has 4 nitrogen and oxygen atoms in total. The molecule has 1 amide bonds. The van der Waals surface area contributed by atoms with Crippen LogP contribution in [0.25, 0.3) is 0 Å². The van der Waals surface area contributed by atoms with Gasteiger partial charge in [0, 0.05) is 12.7 Å². The first-order chi connectivity index (χ1) is 8.61. The summed E-state index contributed by atoms with van der Waals surface area (Å²) >= 11 is 0. The minimum Gasteiger partial charge on any atom is -0.351 e. The van der Waals surface area contributed by atoms with Crippen LogP contribution in [0.15, 0.2) is 18.5 Å². The smallest absolute Gasteiger partial charge is 0.254 e. The SMILES string of the molecule is CC1(CNC(=O)c2ccncc2F)CCNCC1.Cl.Cl. The van der Waals surface area contributed by atoms with Crippen LogP contribution >= 0.6 is 24.8 Å². The molecule has 0 saturated carbocycles. The van der Waals surface area contributed by atoms with Gasteiger partial charge < -0.3 is 10.6 Å². The van der Waals surface area contributed by atoms with Gasteiger partial charge in [-0.25, -0.2) is 4.39 Å². The minimum atomic E-state index is -0.578. The first-order valence-corrected chi connectivity index (χ1v) is 6.19. The van der Waals surface area contributed by atoms with Crippen LogP contribution in [0.1, 0.15) is 30.1 Å². The summed E-state index contributed by atoms with van der Waals surface area (Å²) in [5, 5.41) is 6.10. The fourth-order valence-corrected chi connectivity index (χ4v) is 2.16. The fraction of sp³-hybridized carbons (Fsp3) is 0.538. The van der Waals surface area contributed by atoms with Crippen molar-refractivity contribution in [3.8, 4) is 0 Å². The average Bonchev–Trinajstić information content (AvgIpc) is 2.38. The number of nitrogens with zero attached hydrogens (tertiary/aromatic N) is 1. The summed E-state index contributed by atoms with van der Waals surface area (Å²) in [4.78, 5) is 15.5. The summed E-state index contributed by atoms with van der Waals surface area (Å²) in [5.74, 6) is -0.944. The van der Waals surface area contributed by atoms with Gasteiger partial charge in [0.05, 0.1) is 11.8 Å². The number of halogens is 3. The Morgan fingerprint density at radius 2 is 2.10 bits per heavy atom. The summed E-state index contributed by atoms with van der Waals surface area (Å²) in [6.45, 7) is 4.66. The molecule has 7 heteroatoms. The van der Waals surface area contributed by atoms with Crippen LogP contribution in [-0.4, -0.2) is 30.5 Å². The third-order valence-electron chi connectivity index (χ3n) is 3.50. The summed E-state index contributed by atoms with van der Waals surface area (Å²) in [6, 6.07) is 1.40. The van der Waals surface area contributed by atoms with E-state index in [1.807, 2.05) is 0 Å². The van der Waals surface area contributed by atoms with Crippen molar-refractivity contribution in [3.63, 3.8) is 0 Å². The minimum absolute atomic E-state index is 0. The van der Waals surface area contributed by atoms with Gasteiger partial charge in [0.25, 0.3) is 5.91 Å². The number of carbonyl (C=O) groups excluding carboxylic acids is 1. The van der Waals surface area contributed by atoms with Crippen molar-refractivity contribution >= 4 is 30.7 Å². The third kappa shape index (κ3) is 4.89. The van der Waals surface area contributed by atoms with Crippen LogP contribution < -0.4 is 10.6 Å². The Kier molecular flexibility index (Phi) is 8.01. The van der Waals surface area contributed by atoms with Crippen molar-refractivity contribution in [1.82, 2.24) is 15.6 Å². The van der Waals surface area contributed by atoms with E-state index in [9.17, 15) is 9.18 Å². The van der Waals surface area contributed by atoms with Gasteiger partial charge >= 0.3 is 0 Å². The van der Waals surface area contributed by atoms with E-state index in [1.165, 1.54) is 12.3 Å². The number of amides is 1. The first-order valence-electron chi connectivity index (χ1n) is 6.19. The monoisotopic (exact) mass is 323 g/mol. The summed E-state index contributed by atoms with van der Waals surface area (Å²) < 4.78 is 13.4. The van der Waals surface area contributed by atoms with Gasteiger partial charge in [-0.3, -0.25) is 9.78 Å². The molecule has 0 spiro atoms. The Bertz CT molecular complexity index is 439. The van der Waals surface area contributed by atoms with Crippen molar-refractivity contribution < 1.29 is 9.18 Å². The zero-order valence-corrected chi connectivity index (χ0v) is 13.0. The van der Waals surface area contributed by atoms with Crippen LogP contribution in [0.2, 0.25) is 0 Å². The second-order valence-corrected chi connectivity index (χ2v) is 5.10. The molecule has 0 bridgehead atoms. The molecule has 1 aliphatic rings. The number of hydrogen-bond donors (Lipinski definition) is 2. The van der Waals surface area contributed by atoms with E-state index in [0.717, 1.165) is 32.1 Å². The van der Waals surface area contributed by atoms with Gasteiger partial charge in [-0.05, 0) is 37.4 Å². The van der Waals surface area contributed by atoms with Crippen molar-refractivity contribution in [2.75, 3.05) is 19.6 Å². The quantitative estimate of drug-likeness (QED) is 0.896. The number of hydrogen-bond acceptors (Lipinski definition) is 3. The standard InChI is InChI=1S/C13H18FN3O.2ClH/c1-13(3-6-15-7-4-13)9-17-12(18)10-2-5-16-8-11(10)14;;/h2,5,8,15H,3-4,6-7,9H2,1H3,(H,17,18);2*1H. The molecular formula is C13H20Cl2FN3O. The summed E-state index contributed by atoms with van der Waals surface area (Å²) in [6.07, 6.45) is 4.52. The van der Waals surface area contributed by atoms with Gasteiger partial charge in [-0.15, -0.1) is 24.8 Å². The second kappa shape index (κ2) is 8.39. The van der Waals surface area contributed by atoms with Crippen LogP contribution in [0.4, 0.5) is 4.39 Å². The number of pyridine rings is 1. The molecule has 20 heavy (non-hydrogen) atoms. The molecule has 114 valence electrons. The zero-order chi connectivity index (χ0) is 13.0. The second-order valence-electron chi connectivity index (χ2n) is 5.10. The molecule has 1 aromatic rings. The van der Waals surface area contributed by atoms with Gasteiger partial charge in [-0.2, -0.15) is 0 Å². The first kappa shape index (κ1) is 19.1. The largest absolute Gasteiger partial charge is 0.351 e. The van der Waals surface area contributed by atoms with E-state index >= 15 is 0 Å². The van der Waals surface area contributed by atoms with Gasteiger partial charge in [0.15, 0.2) is 5.82 Å². The molecule has 2 N–H and O–H groups in total. The average molecular weight is 324 g/mol. The lowest BCUT2D eigenvalue weighted by atomic mass is 9.81. The maximum Gasteiger partial charge on any atom is 0.254 e. The van der Waals surface area contributed by atoms with Crippen LogP contribution in [-0.2, 0) is 0 Å². The lowest BCUT2D eigenvalue weighted by molar-refractivity contribution is 0.0918. The highest BCUT2D eigenvalue weighted by Gasteiger charge is 2.27. The van der Waals surface area contributed by atoms with Crippen molar-refractivity contribution in [2.45, 2.75) is 19.8 Å². The highest BCUT2D eigenvalue weighted by molar-refractivity contribution is 5.94. The third-order valence-corrected chi connectivity index (χ3v) is 3.50. The highest BCUT2D eigenvalue weighted by Crippen LogP contribution is 2.26. The van der Waals surface area contributed by atoms with Gasteiger partial charge in [0.2, 0.25) is 0 Å². The Morgan fingerprint density at radius 3 is 2.70 bits per heavy atom. The molecule has 1 saturated heterocycles. The molecule has 0 aliphatic carbocycles. The summed E-state index contributed by atoms with van der Waals surface area (Å²) in [7, 11) is 0. The Balaban J connectivity index is 0.00000180. The highest BCUT2D eigenvalue weighted by atomic mass is 35.5. The van der Waals surface area contributed by atoms with Gasteiger partial charge in [-0.1, -0.05) is 6.92 Å². The molecule has 1 fully saturated rings. The Labute approximate surface area is 130 Å². The normalized spacial score (nSPS) is 16.5. The lowest BCUT2D eigenvalue weighted by Crippen LogP contribution is -2.43. The molecule has 2 rings (SSSR count). The van der Waals surface area contributed by atoms with E-state index in [2.05, 4.69) is 22.5 Å². The molecule has 2 heterocycles. The van der Waals surface area contributed by atoms with Crippen LogP contribution in [0.5, 0.6) is 0 Å². The van der Waals surface area contributed by atoms with Crippen LogP contribution in [0, 0.1) is 11.2 Å². The number of carbonyl (C=O) groups is 1. The van der Waals surface area contributed by atoms with Crippen molar-refractivity contribution in [2.24, 2.45) is 5.41 Å². The van der Waals surface area contributed by atoms with Crippen molar-refractivity contribution in [1.29, 1.82) is 0 Å². The van der Waals surface area contributed by atoms with E-state index in [-0.39, 0.29) is 41.7 Å². The zero-order valence-electron chi connectivity index (χ0n) is 11.3. The number of aromatic nitrogens is 1. The molecule has 0 radical (unpaired) electrons. The van der Waals surface area contributed by atoms with E-state index < -0.39 is 5.82 Å². The molecule has 0 aromatic carbocycles. The molecule has 1 aromatic heterocycles. The number of piperidine rings is 1.